The van der Waals surface area contributed by atoms with Crippen LogP contribution in [0.25, 0.3) is 0 Å². The van der Waals surface area contributed by atoms with Crippen LogP contribution in [0.3, 0.4) is 0 Å². The van der Waals surface area contributed by atoms with Gasteiger partial charge in [0.05, 0.1) is 6.10 Å². The summed E-state index contributed by atoms with van der Waals surface area (Å²) in [7, 11) is 0. The van der Waals surface area contributed by atoms with Gasteiger partial charge in [0.2, 0.25) is 0 Å². The van der Waals surface area contributed by atoms with E-state index in [4.69, 9.17) is 0 Å². The highest BCUT2D eigenvalue weighted by Gasteiger charge is 2.24. The molecule has 1 aromatic heterocycles. The molecule has 0 bridgehead atoms. The molecule has 0 spiro atoms. The van der Waals surface area contributed by atoms with Crippen molar-refractivity contribution < 1.29 is 9.90 Å². The first-order valence-corrected chi connectivity index (χ1v) is 5.85. The van der Waals surface area contributed by atoms with E-state index < -0.39 is 0 Å². The van der Waals surface area contributed by atoms with Crippen molar-refractivity contribution >= 4 is 5.91 Å². The molecule has 1 atom stereocenters. The summed E-state index contributed by atoms with van der Waals surface area (Å²) in [6.07, 6.45) is 3.24. The molecule has 16 heavy (non-hydrogen) atoms. The molecule has 0 unspecified atom stereocenters. The van der Waals surface area contributed by atoms with Gasteiger partial charge in [0.15, 0.2) is 0 Å². The molecule has 4 heteroatoms. The van der Waals surface area contributed by atoms with Crippen molar-refractivity contribution in [2.45, 2.75) is 32.4 Å². The first-order chi connectivity index (χ1) is 7.72. The molecule has 0 aromatic carbocycles. The minimum atomic E-state index is -0.359. The van der Waals surface area contributed by atoms with Crippen molar-refractivity contribution in [1.29, 1.82) is 0 Å². The monoisotopic (exact) mass is 222 g/mol. The Kier molecular flexibility index (Phi) is 3.29. The summed E-state index contributed by atoms with van der Waals surface area (Å²) >= 11 is 0. The molecule has 1 aromatic rings. The second-order valence-electron chi connectivity index (χ2n) is 4.23. The van der Waals surface area contributed by atoms with E-state index in [1.165, 1.54) is 0 Å². The summed E-state index contributed by atoms with van der Waals surface area (Å²) < 4.78 is 1.93. The summed E-state index contributed by atoms with van der Waals surface area (Å²) in [6.45, 7) is 4.03. The van der Waals surface area contributed by atoms with E-state index in [0.717, 1.165) is 31.6 Å². The zero-order valence-electron chi connectivity index (χ0n) is 9.59. The molecular weight excluding hydrogens is 204 g/mol. The number of aromatic nitrogens is 1. The Morgan fingerprint density at radius 2 is 2.44 bits per heavy atom. The van der Waals surface area contributed by atoms with Gasteiger partial charge in [-0.15, -0.1) is 0 Å². The van der Waals surface area contributed by atoms with Gasteiger partial charge < -0.3 is 14.6 Å². The normalized spacial score (nSPS) is 21.1. The Bertz CT molecular complexity index is 373. The fraction of sp³-hybridized carbons (Fsp3) is 0.583. The lowest BCUT2D eigenvalue weighted by Crippen LogP contribution is -2.42. The number of amides is 1. The highest BCUT2D eigenvalue weighted by Crippen LogP contribution is 2.14. The van der Waals surface area contributed by atoms with Crippen LogP contribution in [-0.2, 0) is 6.54 Å². The minimum Gasteiger partial charge on any atom is -0.391 e. The van der Waals surface area contributed by atoms with Gasteiger partial charge in [-0.1, -0.05) is 0 Å². The van der Waals surface area contributed by atoms with Crippen molar-refractivity contribution in [2.24, 2.45) is 0 Å². The van der Waals surface area contributed by atoms with E-state index in [2.05, 4.69) is 0 Å². The summed E-state index contributed by atoms with van der Waals surface area (Å²) in [5, 5.41) is 9.55. The Balaban J connectivity index is 2.12. The van der Waals surface area contributed by atoms with Crippen molar-refractivity contribution in [3.05, 3.63) is 24.0 Å². The van der Waals surface area contributed by atoms with Crippen LogP contribution in [0.1, 0.15) is 30.3 Å². The van der Waals surface area contributed by atoms with Crippen LogP contribution in [0.5, 0.6) is 0 Å². The van der Waals surface area contributed by atoms with Crippen LogP contribution in [0.2, 0.25) is 0 Å². The van der Waals surface area contributed by atoms with Gasteiger partial charge in [-0.2, -0.15) is 0 Å². The van der Waals surface area contributed by atoms with Crippen LogP contribution < -0.4 is 0 Å². The van der Waals surface area contributed by atoms with Crippen molar-refractivity contribution in [2.75, 3.05) is 13.1 Å². The molecule has 1 aliphatic rings. The second-order valence-corrected chi connectivity index (χ2v) is 4.23. The smallest absolute Gasteiger partial charge is 0.270 e. The lowest BCUT2D eigenvalue weighted by atomic mass is 10.1. The fourth-order valence-corrected chi connectivity index (χ4v) is 2.19. The molecule has 0 radical (unpaired) electrons. The van der Waals surface area contributed by atoms with Gasteiger partial charge in [0.25, 0.3) is 5.91 Å². The number of nitrogens with zero attached hydrogens (tertiary/aromatic N) is 2. The van der Waals surface area contributed by atoms with Gasteiger partial charge >= 0.3 is 0 Å². The fourth-order valence-electron chi connectivity index (χ4n) is 2.19. The third kappa shape index (κ3) is 2.11. The summed E-state index contributed by atoms with van der Waals surface area (Å²) in [6, 6.07) is 3.73. The number of carbonyl (C=O) groups excluding carboxylic acids is 1. The Labute approximate surface area is 95.5 Å². The predicted octanol–water partition coefficient (Wildman–Crippen LogP) is 1.10. The van der Waals surface area contributed by atoms with Gasteiger partial charge in [0, 0.05) is 25.8 Å². The average molecular weight is 222 g/mol. The molecule has 4 nitrogen and oxygen atoms in total. The van der Waals surface area contributed by atoms with Crippen molar-refractivity contribution in [3.8, 4) is 0 Å². The molecule has 88 valence electrons. The number of aliphatic hydroxyl groups excluding tert-OH is 1. The Morgan fingerprint density at radius 1 is 1.62 bits per heavy atom. The number of aliphatic hydroxyl groups is 1. The third-order valence-corrected chi connectivity index (χ3v) is 3.07. The van der Waals surface area contributed by atoms with E-state index in [9.17, 15) is 9.90 Å². The molecule has 1 saturated heterocycles. The van der Waals surface area contributed by atoms with Gasteiger partial charge in [-0.05, 0) is 31.9 Å². The van der Waals surface area contributed by atoms with E-state index in [1.54, 1.807) is 4.90 Å². The van der Waals surface area contributed by atoms with E-state index in [1.807, 2.05) is 29.8 Å². The lowest BCUT2D eigenvalue weighted by molar-refractivity contribution is 0.0465. The van der Waals surface area contributed by atoms with Crippen LogP contribution in [-0.4, -0.2) is 39.7 Å². The van der Waals surface area contributed by atoms with Crippen molar-refractivity contribution in [1.82, 2.24) is 9.47 Å². The van der Waals surface area contributed by atoms with E-state index in [-0.39, 0.29) is 12.0 Å². The van der Waals surface area contributed by atoms with Crippen molar-refractivity contribution in [3.63, 3.8) is 0 Å². The number of hydrogen-bond acceptors (Lipinski definition) is 2. The minimum absolute atomic E-state index is 0.0330. The maximum Gasteiger partial charge on any atom is 0.270 e. The quantitative estimate of drug-likeness (QED) is 0.814. The number of β-amino-alcohol motifs (C(OH)–C–C–N with tert-alkyl or cyclic N) is 1. The molecule has 1 aliphatic heterocycles. The number of piperidine rings is 1. The van der Waals surface area contributed by atoms with Gasteiger partial charge in [-0.25, -0.2) is 0 Å². The molecule has 2 heterocycles. The molecule has 1 amide bonds. The van der Waals surface area contributed by atoms with E-state index >= 15 is 0 Å². The zero-order valence-corrected chi connectivity index (χ0v) is 9.59. The molecule has 1 fully saturated rings. The first kappa shape index (κ1) is 11.2. The van der Waals surface area contributed by atoms with E-state index in [0.29, 0.717) is 6.54 Å². The Morgan fingerprint density at radius 3 is 3.12 bits per heavy atom. The topological polar surface area (TPSA) is 45.5 Å². The first-order valence-electron chi connectivity index (χ1n) is 5.85. The zero-order chi connectivity index (χ0) is 11.5. The summed E-state index contributed by atoms with van der Waals surface area (Å²) in [4.78, 5) is 13.9. The Hall–Kier alpha value is -1.29. The highest BCUT2D eigenvalue weighted by atomic mass is 16.3. The number of hydrogen-bond donors (Lipinski definition) is 1. The van der Waals surface area contributed by atoms with Crippen LogP contribution >= 0.6 is 0 Å². The summed E-state index contributed by atoms with van der Waals surface area (Å²) in [5.74, 6) is 0.0330. The van der Waals surface area contributed by atoms with Gasteiger partial charge in [-0.3, -0.25) is 4.79 Å². The summed E-state index contributed by atoms with van der Waals surface area (Å²) in [5.41, 5.74) is 0.719. The SMILES string of the molecule is CCn1cccc1C(=O)N1CCC[C@H](O)C1. The highest BCUT2D eigenvalue weighted by molar-refractivity contribution is 5.92. The van der Waals surface area contributed by atoms with Crippen LogP contribution in [0.15, 0.2) is 18.3 Å². The number of aryl methyl sites for hydroxylation is 1. The molecular formula is C12H18N2O2. The van der Waals surface area contributed by atoms with Crippen LogP contribution in [0.4, 0.5) is 0 Å². The number of carbonyl (C=O) groups is 1. The number of rotatable bonds is 2. The molecule has 1 N–H and O–H groups in total. The average Bonchev–Trinajstić information content (AvgIpc) is 2.76. The largest absolute Gasteiger partial charge is 0.391 e. The maximum absolute atomic E-state index is 12.2. The van der Waals surface area contributed by atoms with Crippen LogP contribution in [0, 0.1) is 0 Å². The molecule has 2 rings (SSSR count). The predicted molar refractivity (Wildman–Crippen MR) is 61.3 cm³/mol. The molecule has 0 aliphatic carbocycles. The number of likely N-dealkylation sites (tertiary alicyclic amines) is 1. The standard InChI is InChI=1S/C12H18N2O2/c1-2-13-7-4-6-11(13)12(16)14-8-3-5-10(15)9-14/h4,6-7,10,15H,2-3,5,8-9H2,1H3/t10-/m0/s1. The maximum atomic E-state index is 12.2. The lowest BCUT2D eigenvalue weighted by Gasteiger charge is -2.30. The third-order valence-electron chi connectivity index (χ3n) is 3.07. The van der Waals surface area contributed by atoms with Gasteiger partial charge in [0.1, 0.15) is 5.69 Å². The second kappa shape index (κ2) is 4.70. The molecule has 0 saturated carbocycles.